The van der Waals surface area contributed by atoms with Crippen molar-refractivity contribution in [3.05, 3.63) is 71.1 Å². The first-order valence-electron chi connectivity index (χ1n) is 13.8. The van der Waals surface area contributed by atoms with E-state index < -0.39 is 0 Å². The van der Waals surface area contributed by atoms with E-state index in [1.165, 1.54) is 25.7 Å². The number of hydrogen-bond acceptors (Lipinski definition) is 5. The molecule has 200 valence electrons. The van der Waals surface area contributed by atoms with Crippen LogP contribution < -0.4 is 0 Å². The third kappa shape index (κ3) is 6.62. The molecule has 5 rings (SSSR count). The molecule has 0 N–H and O–H groups in total. The molecule has 1 saturated heterocycles. The number of likely N-dealkylation sites (tertiary alicyclic amines) is 1. The van der Waals surface area contributed by atoms with Crippen LogP contribution in [0.2, 0.25) is 5.02 Å². The molecule has 0 unspecified atom stereocenters. The van der Waals surface area contributed by atoms with Crippen LogP contribution >= 0.6 is 11.6 Å². The number of piperidine rings is 1. The van der Waals surface area contributed by atoms with Gasteiger partial charge in [-0.25, -0.2) is 0 Å². The van der Waals surface area contributed by atoms with Crippen LogP contribution in [0.1, 0.15) is 75.3 Å². The molecule has 38 heavy (non-hydrogen) atoms. The minimum atomic E-state index is -0.294. The van der Waals surface area contributed by atoms with Crippen LogP contribution in [-0.2, 0) is 16.1 Å². The van der Waals surface area contributed by atoms with Crippen molar-refractivity contribution in [2.75, 3.05) is 13.1 Å². The molecule has 0 spiro atoms. The highest BCUT2D eigenvalue weighted by Gasteiger charge is 2.33. The Hall–Kier alpha value is -3.19. The molecule has 0 bridgehead atoms. The molecule has 7 nitrogen and oxygen atoms in total. The second-order valence-electron chi connectivity index (χ2n) is 10.5. The van der Waals surface area contributed by atoms with Crippen molar-refractivity contribution in [1.29, 1.82) is 0 Å². The molecule has 3 aromatic rings. The summed E-state index contributed by atoms with van der Waals surface area (Å²) in [6.45, 7) is 1.08. The zero-order valence-corrected chi connectivity index (χ0v) is 22.5. The third-order valence-corrected chi connectivity index (χ3v) is 8.04. The molecule has 1 aliphatic heterocycles. The fourth-order valence-corrected chi connectivity index (χ4v) is 5.77. The summed E-state index contributed by atoms with van der Waals surface area (Å²) in [6, 6.07) is 16.9. The molecule has 0 radical (unpaired) electrons. The Morgan fingerprint density at radius 3 is 2.47 bits per heavy atom. The van der Waals surface area contributed by atoms with E-state index in [0.29, 0.717) is 42.2 Å². The Bertz CT molecular complexity index is 1210. The zero-order valence-electron chi connectivity index (χ0n) is 21.7. The summed E-state index contributed by atoms with van der Waals surface area (Å²) < 4.78 is 5.64. The highest BCUT2D eigenvalue weighted by Crippen LogP contribution is 2.32. The van der Waals surface area contributed by atoms with Gasteiger partial charge in [-0.15, -0.1) is 0 Å². The van der Waals surface area contributed by atoms with Gasteiger partial charge in [0.15, 0.2) is 0 Å². The van der Waals surface area contributed by atoms with Crippen molar-refractivity contribution in [3.63, 3.8) is 0 Å². The molecule has 2 heterocycles. The maximum Gasteiger partial charge on any atom is 0.249 e. The topological polar surface area (TPSA) is 79.5 Å². The largest absolute Gasteiger partial charge is 0.337 e. The van der Waals surface area contributed by atoms with Gasteiger partial charge in [-0.3, -0.25) is 9.59 Å². The summed E-state index contributed by atoms with van der Waals surface area (Å²) in [4.78, 5) is 35.2. The maximum atomic E-state index is 13.7. The molecule has 2 amide bonds. The van der Waals surface area contributed by atoms with E-state index in [1.807, 2.05) is 47.4 Å². The molecule has 2 aliphatic rings. The molecular formula is C30H35ClN4O3. The predicted molar refractivity (Wildman–Crippen MR) is 146 cm³/mol. The fraction of sp³-hybridized carbons (Fsp3) is 0.467. The monoisotopic (exact) mass is 534 g/mol. The molecular weight excluding hydrogens is 500 g/mol. The van der Waals surface area contributed by atoms with E-state index in [2.05, 4.69) is 10.1 Å². The lowest BCUT2D eigenvalue weighted by Gasteiger charge is -2.35. The Morgan fingerprint density at radius 1 is 0.974 bits per heavy atom. The zero-order chi connectivity index (χ0) is 26.3. The number of halogens is 1. The molecule has 1 aromatic heterocycles. The number of amides is 2. The number of carbonyl (C=O) groups is 2. The Labute approximate surface area is 229 Å². The van der Waals surface area contributed by atoms with Gasteiger partial charge < -0.3 is 14.3 Å². The van der Waals surface area contributed by atoms with Gasteiger partial charge in [0.05, 0.1) is 0 Å². The molecule has 1 saturated carbocycles. The lowest BCUT2D eigenvalue weighted by molar-refractivity contribution is -0.144. The van der Waals surface area contributed by atoms with Crippen LogP contribution in [0.4, 0.5) is 0 Å². The minimum absolute atomic E-state index is 0.0467. The van der Waals surface area contributed by atoms with Gasteiger partial charge >= 0.3 is 0 Å². The van der Waals surface area contributed by atoms with E-state index >= 15 is 0 Å². The quantitative estimate of drug-likeness (QED) is 0.315. The molecule has 8 heteroatoms. The summed E-state index contributed by atoms with van der Waals surface area (Å²) >= 11 is 6.01. The van der Waals surface area contributed by atoms with Gasteiger partial charge in [-0.1, -0.05) is 72.8 Å². The van der Waals surface area contributed by atoms with E-state index in [0.717, 1.165) is 36.8 Å². The number of hydrogen-bond donors (Lipinski definition) is 0. The summed E-state index contributed by atoms with van der Waals surface area (Å²) in [6.07, 6.45) is 8.97. The average Bonchev–Trinajstić information content (AvgIpc) is 3.65. The minimum Gasteiger partial charge on any atom is -0.337 e. The average molecular weight is 535 g/mol. The molecule has 1 aliphatic carbocycles. The van der Waals surface area contributed by atoms with Crippen LogP contribution in [0.15, 0.2) is 59.1 Å². The first kappa shape index (κ1) is 26.4. The SMILES string of the molecule is O=C(CCC1CCCC1)N(CC(=O)N1CCCC[C@@H]1c1nc(-c2ccc(Cl)cc2)no1)Cc1ccccc1. The summed E-state index contributed by atoms with van der Waals surface area (Å²) in [5.41, 5.74) is 1.83. The van der Waals surface area contributed by atoms with Crippen LogP contribution in [0.5, 0.6) is 0 Å². The van der Waals surface area contributed by atoms with Crippen LogP contribution in [0.25, 0.3) is 11.4 Å². The second kappa shape index (κ2) is 12.6. The summed E-state index contributed by atoms with van der Waals surface area (Å²) in [7, 11) is 0. The lowest BCUT2D eigenvalue weighted by Crippen LogP contribution is -2.45. The maximum absolute atomic E-state index is 13.7. The van der Waals surface area contributed by atoms with Crippen LogP contribution in [0, 0.1) is 5.92 Å². The second-order valence-corrected chi connectivity index (χ2v) is 10.9. The van der Waals surface area contributed by atoms with Gasteiger partial charge in [-0.05, 0) is 61.4 Å². The van der Waals surface area contributed by atoms with Crippen molar-refractivity contribution in [2.45, 2.75) is 70.4 Å². The standard InChI is InChI=1S/C30H35ClN4O3/c31-25-16-14-24(15-17-25)29-32-30(38-33-29)26-12-6-7-19-35(26)28(37)21-34(20-23-10-2-1-3-11-23)27(36)18-13-22-8-4-5-9-22/h1-3,10-11,14-17,22,26H,4-9,12-13,18-21H2/t26-/m1/s1. The molecule has 2 fully saturated rings. The van der Waals surface area contributed by atoms with E-state index in [-0.39, 0.29) is 24.4 Å². The Kier molecular flexibility index (Phi) is 8.74. The van der Waals surface area contributed by atoms with Crippen molar-refractivity contribution in [3.8, 4) is 11.4 Å². The van der Waals surface area contributed by atoms with Gasteiger partial charge in [0.1, 0.15) is 12.6 Å². The van der Waals surface area contributed by atoms with E-state index in [9.17, 15) is 9.59 Å². The number of benzene rings is 2. The molecule has 1 atom stereocenters. The third-order valence-electron chi connectivity index (χ3n) is 7.79. The van der Waals surface area contributed by atoms with E-state index in [1.54, 1.807) is 17.0 Å². The predicted octanol–water partition coefficient (Wildman–Crippen LogP) is 6.44. The number of carbonyl (C=O) groups excluding carboxylic acids is 2. The Balaban J connectivity index is 1.29. The lowest BCUT2D eigenvalue weighted by atomic mass is 10.0. The smallest absolute Gasteiger partial charge is 0.249 e. The summed E-state index contributed by atoms with van der Waals surface area (Å²) in [5.74, 6) is 1.51. The van der Waals surface area contributed by atoms with Crippen molar-refractivity contribution in [1.82, 2.24) is 19.9 Å². The van der Waals surface area contributed by atoms with Gasteiger partial charge in [-0.2, -0.15) is 4.98 Å². The normalized spacial score (nSPS) is 18.0. The molecule has 2 aromatic carbocycles. The van der Waals surface area contributed by atoms with Crippen LogP contribution in [-0.4, -0.2) is 44.8 Å². The highest BCUT2D eigenvalue weighted by molar-refractivity contribution is 6.30. The fourth-order valence-electron chi connectivity index (χ4n) is 5.65. The van der Waals surface area contributed by atoms with Gasteiger partial charge in [0.25, 0.3) is 0 Å². The van der Waals surface area contributed by atoms with Crippen molar-refractivity contribution in [2.24, 2.45) is 5.92 Å². The van der Waals surface area contributed by atoms with Gasteiger partial charge in [0, 0.05) is 30.1 Å². The summed E-state index contributed by atoms with van der Waals surface area (Å²) in [5, 5.41) is 4.80. The Morgan fingerprint density at radius 2 is 1.71 bits per heavy atom. The van der Waals surface area contributed by atoms with Crippen molar-refractivity contribution >= 4 is 23.4 Å². The van der Waals surface area contributed by atoms with Gasteiger partial charge in [0.2, 0.25) is 23.5 Å². The highest BCUT2D eigenvalue weighted by atomic mass is 35.5. The first-order chi connectivity index (χ1) is 18.6. The number of rotatable bonds is 9. The number of aromatic nitrogens is 2. The number of nitrogens with zero attached hydrogens (tertiary/aromatic N) is 4. The first-order valence-corrected chi connectivity index (χ1v) is 14.2. The van der Waals surface area contributed by atoms with Crippen LogP contribution in [0.3, 0.4) is 0 Å². The van der Waals surface area contributed by atoms with E-state index in [4.69, 9.17) is 16.1 Å². The van der Waals surface area contributed by atoms with Crippen molar-refractivity contribution < 1.29 is 14.1 Å².